The van der Waals surface area contributed by atoms with Crippen LogP contribution in [-0.4, -0.2) is 39.6 Å². The van der Waals surface area contributed by atoms with Gasteiger partial charge in [-0.1, -0.05) is 46.9 Å². The number of carbonyl (C=O) groups excluding carboxylic acids is 3. The quantitative estimate of drug-likeness (QED) is 0.329. The van der Waals surface area contributed by atoms with E-state index < -0.39 is 9.76 Å². The Hall–Kier alpha value is -1.30. The number of alkyl halides is 3. The lowest BCUT2D eigenvalue weighted by atomic mass is 10.1. The Bertz CT molecular complexity index is 592. The molecule has 0 unspecified atom stereocenters. The van der Waals surface area contributed by atoms with Crippen molar-refractivity contribution in [3.63, 3.8) is 0 Å². The van der Waals surface area contributed by atoms with E-state index in [4.69, 9.17) is 39.5 Å². The molecule has 0 atom stereocenters. The molecule has 0 fully saturated rings. The van der Waals surface area contributed by atoms with Gasteiger partial charge in [-0.25, -0.2) is 0 Å². The first kappa shape index (κ1) is 18.0. The largest absolute Gasteiger partial charge is 0.461 e. The summed E-state index contributed by atoms with van der Waals surface area (Å²) in [6.07, 6.45) is 1.09. The molecule has 0 radical (unpaired) electrons. The number of hydrogen-bond donors (Lipinski definition) is 0. The zero-order valence-corrected chi connectivity index (χ0v) is 14.3. The zero-order chi connectivity index (χ0) is 17.0. The van der Waals surface area contributed by atoms with E-state index in [9.17, 15) is 14.4 Å². The maximum atomic E-state index is 12.1. The number of unbranched alkanes of at least 4 members (excludes halogenated alkanes) is 1. The first-order chi connectivity index (χ1) is 10.8. The average molecular weight is 379 g/mol. The van der Waals surface area contributed by atoms with Crippen molar-refractivity contribution in [2.45, 2.75) is 23.1 Å². The number of nitrogens with zero attached hydrogens (tertiary/aromatic N) is 1. The van der Waals surface area contributed by atoms with Crippen molar-refractivity contribution in [1.82, 2.24) is 4.90 Å². The van der Waals surface area contributed by atoms with Gasteiger partial charge in [0.25, 0.3) is 11.8 Å². The van der Waals surface area contributed by atoms with Crippen molar-refractivity contribution >= 4 is 52.6 Å². The van der Waals surface area contributed by atoms with Crippen LogP contribution in [0.2, 0.25) is 0 Å². The van der Waals surface area contributed by atoms with Gasteiger partial charge in [0.05, 0.1) is 11.1 Å². The zero-order valence-electron chi connectivity index (χ0n) is 12.1. The third-order valence-corrected chi connectivity index (χ3v) is 3.61. The second-order valence-corrected chi connectivity index (χ2v) is 7.56. The summed E-state index contributed by atoms with van der Waals surface area (Å²) in [5.74, 6) is -1.09. The lowest BCUT2D eigenvalue weighted by Crippen LogP contribution is -2.30. The smallest absolute Gasteiger partial charge is 0.305 e. The van der Waals surface area contributed by atoms with Crippen LogP contribution < -0.4 is 0 Å². The van der Waals surface area contributed by atoms with E-state index in [1.54, 1.807) is 24.3 Å². The number of amides is 2. The number of fused-ring (bicyclic) bond motifs is 1. The molecule has 1 aromatic carbocycles. The van der Waals surface area contributed by atoms with Crippen molar-refractivity contribution in [1.29, 1.82) is 0 Å². The molecule has 0 aliphatic carbocycles. The summed E-state index contributed by atoms with van der Waals surface area (Å²) < 4.78 is 3.16. The topological polar surface area (TPSA) is 63.7 Å². The fourth-order valence-corrected chi connectivity index (χ4v) is 2.38. The summed E-state index contributed by atoms with van der Waals surface area (Å²) in [5.41, 5.74) is 0.833. The van der Waals surface area contributed by atoms with Gasteiger partial charge in [0.15, 0.2) is 0 Å². The standard InChI is InChI=1S/C15H14Cl3NO4/c16-15(17,18)9-23-12(20)7-3-4-8-19-13(21)10-5-1-2-6-11(10)14(19)22/h1-2,5-6H,3-4,7-9H2. The summed E-state index contributed by atoms with van der Waals surface area (Å²) in [7, 11) is 0. The highest BCUT2D eigenvalue weighted by atomic mass is 35.6. The Kier molecular flexibility index (Phi) is 5.89. The maximum Gasteiger partial charge on any atom is 0.305 e. The van der Waals surface area contributed by atoms with Crippen molar-refractivity contribution in [2.24, 2.45) is 0 Å². The first-order valence-electron chi connectivity index (χ1n) is 6.97. The van der Waals surface area contributed by atoms with Crippen LogP contribution in [0.1, 0.15) is 40.0 Å². The van der Waals surface area contributed by atoms with Crippen LogP contribution in [-0.2, 0) is 9.53 Å². The van der Waals surface area contributed by atoms with Crippen LogP contribution in [0.4, 0.5) is 0 Å². The van der Waals surface area contributed by atoms with Crippen molar-refractivity contribution < 1.29 is 19.1 Å². The molecule has 1 aliphatic rings. The molecule has 1 aromatic rings. The van der Waals surface area contributed by atoms with Gasteiger partial charge in [-0.3, -0.25) is 19.3 Å². The fourth-order valence-electron chi connectivity index (χ4n) is 2.22. The summed E-state index contributed by atoms with van der Waals surface area (Å²) in [4.78, 5) is 36.9. The molecule has 2 amide bonds. The van der Waals surface area contributed by atoms with Gasteiger partial charge < -0.3 is 4.74 Å². The van der Waals surface area contributed by atoms with Gasteiger partial charge in [0, 0.05) is 13.0 Å². The normalized spacial score (nSPS) is 14.1. The number of rotatable bonds is 6. The Labute approximate surface area is 148 Å². The Morgan fingerprint density at radius 3 is 2.13 bits per heavy atom. The Morgan fingerprint density at radius 2 is 1.61 bits per heavy atom. The molecule has 0 N–H and O–H groups in total. The number of esters is 1. The van der Waals surface area contributed by atoms with Gasteiger partial charge in [-0.15, -0.1) is 0 Å². The second-order valence-electron chi connectivity index (χ2n) is 5.04. The summed E-state index contributed by atoms with van der Waals surface area (Å²) in [6.45, 7) is -0.0566. The van der Waals surface area contributed by atoms with E-state index in [-0.39, 0.29) is 31.4 Å². The molecule has 0 saturated carbocycles. The van der Waals surface area contributed by atoms with Gasteiger partial charge in [0.2, 0.25) is 3.79 Å². The predicted octanol–water partition coefficient (Wildman–Crippen LogP) is 3.37. The molecule has 0 bridgehead atoms. The monoisotopic (exact) mass is 377 g/mol. The van der Waals surface area contributed by atoms with Gasteiger partial charge in [0.1, 0.15) is 6.61 Å². The van der Waals surface area contributed by atoms with Gasteiger partial charge in [-0.05, 0) is 25.0 Å². The lowest BCUT2D eigenvalue weighted by molar-refractivity contribution is -0.143. The molecule has 8 heteroatoms. The van der Waals surface area contributed by atoms with E-state index in [0.717, 1.165) is 0 Å². The molecule has 5 nitrogen and oxygen atoms in total. The minimum Gasteiger partial charge on any atom is -0.461 e. The van der Waals surface area contributed by atoms with Crippen molar-refractivity contribution in [3.05, 3.63) is 35.4 Å². The molecule has 1 aliphatic heterocycles. The van der Waals surface area contributed by atoms with Gasteiger partial charge in [-0.2, -0.15) is 0 Å². The molecule has 0 saturated heterocycles. The third-order valence-electron chi connectivity index (χ3n) is 3.29. The number of benzene rings is 1. The molecular formula is C15H14Cl3NO4. The highest BCUT2D eigenvalue weighted by Gasteiger charge is 2.34. The van der Waals surface area contributed by atoms with Crippen molar-refractivity contribution in [3.8, 4) is 0 Å². The maximum absolute atomic E-state index is 12.1. The number of imide groups is 1. The molecule has 2 rings (SSSR count). The van der Waals surface area contributed by atoms with E-state index in [1.807, 2.05) is 0 Å². The van der Waals surface area contributed by atoms with E-state index >= 15 is 0 Å². The summed E-state index contributed by atoms with van der Waals surface area (Å²) >= 11 is 16.4. The fraction of sp³-hybridized carbons (Fsp3) is 0.400. The van der Waals surface area contributed by atoms with Crippen LogP contribution in [0.3, 0.4) is 0 Å². The SMILES string of the molecule is O=C(CCCCN1C(=O)c2ccccc2C1=O)OCC(Cl)(Cl)Cl. The highest BCUT2D eigenvalue weighted by Crippen LogP contribution is 2.26. The average Bonchev–Trinajstić information content (AvgIpc) is 2.74. The Balaban J connectivity index is 1.75. The number of halogens is 3. The number of ether oxygens (including phenoxy) is 1. The minimum atomic E-state index is -1.63. The molecule has 0 spiro atoms. The van der Waals surface area contributed by atoms with Gasteiger partial charge >= 0.3 is 5.97 Å². The molecule has 1 heterocycles. The summed E-state index contributed by atoms with van der Waals surface area (Å²) in [6, 6.07) is 6.69. The van der Waals surface area contributed by atoms with E-state index in [0.29, 0.717) is 24.0 Å². The van der Waals surface area contributed by atoms with Crippen LogP contribution >= 0.6 is 34.8 Å². The first-order valence-corrected chi connectivity index (χ1v) is 8.10. The molecular weight excluding hydrogens is 365 g/mol. The molecule has 23 heavy (non-hydrogen) atoms. The molecule has 124 valence electrons. The van der Waals surface area contributed by atoms with E-state index in [1.165, 1.54) is 4.90 Å². The van der Waals surface area contributed by atoms with Crippen molar-refractivity contribution in [2.75, 3.05) is 13.2 Å². The summed E-state index contributed by atoms with van der Waals surface area (Å²) in [5, 5.41) is 0. The number of hydrogen-bond acceptors (Lipinski definition) is 4. The van der Waals surface area contributed by atoms with Crippen LogP contribution in [0, 0.1) is 0 Å². The second kappa shape index (κ2) is 7.51. The predicted molar refractivity (Wildman–Crippen MR) is 86.9 cm³/mol. The van der Waals surface area contributed by atoms with Crippen LogP contribution in [0.5, 0.6) is 0 Å². The van der Waals surface area contributed by atoms with Crippen LogP contribution in [0.15, 0.2) is 24.3 Å². The lowest BCUT2D eigenvalue weighted by Gasteiger charge is -2.14. The minimum absolute atomic E-state index is 0.129. The highest BCUT2D eigenvalue weighted by molar-refractivity contribution is 6.67. The van der Waals surface area contributed by atoms with E-state index in [2.05, 4.69) is 0 Å². The molecule has 0 aromatic heterocycles. The number of carbonyl (C=O) groups is 3. The Morgan fingerprint density at radius 1 is 1.04 bits per heavy atom. The van der Waals surface area contributed by atoms with Crippen LogP contribution in [0.25, 0.3) is 0 Å². The third kappa shape index (κ3) is 4.83.